The molecule has 0 unspecified atom stereocenters. The number of ether oxygens (including phenoxy) is 2. The minimum absolute atomic E-state index is 0.0458. The van der Waals surface area contributed by atoms with Crippen molar-refractivity contribution in [2.24, 2.45) is 0 Å². The van der Waals surface area contributed by atoms with Crippen molar-refractivity contribution in [1.29, 1.82) is 0 Å². The SMILES string of the molecule is CC.OC[C@@H]1C[C@H](O)C[C@H](c2ccc(C3CC3)c(Cc3ccc(OC4CCC4)cc3)c2)O1. The Balaban J connectivity index is 0.00000119. The van der Waals surface area contributed by atoms with Crippen molar-refractivity contribution >= 4 is 0 Å². The molecule has 2 saturated carbocycles. The molecular formula is C28H38O4. The molecule has 2 aromatic rings. The van der Waals surface area contributed by atoms with Gasteiger partial charge in [-0.2, -0.15) is 0 Å². The van der Waals surface area contributed by atoms with Gasteiger partial charge in [-0.15, -0.1) is 0 Å². The number of aliphatic hydroxyl groups excluding tert-OH is 2. The molecule has 1 heterocycles. The maximum atomic E-state index is 10.2. The Hall–Kier alpha value is -1.88. The van der Waals surface area contributed by atoms with Crippen LogP contribution in [0, 0.1) is 0 Å². The van der Waals surface area contributed by atoms with Crippen molar-refractivity contribution in [2.75, 3.05) is 6.61 Å². The van der Waals surface area contributed by atoms with Gasteiger partial charge >= 0.3 is 0 Å². The lowest BCUT2D eigenvalue weighted by Gasteiger charge is -2.33. The van der Waals surface area contributed by atoms with Crippen molar-refractivity contribution < 1.29 is 19.7 Å². The van der Waals surface area contributed by atoms with Crippen molar-refractivity contribution in [3.05, 3.63) is 64.7 Å². The van der Waals surface area contributed by atoms with Crippen LogP contribution in [-0.4, -0.2) is 35.1 Å². The van der Waals surface area contributed by atoms with Gasteiger partial charge in [0, 0.05) is 12.8 Å². The minimum Gasteiger partial charge on any atom is -0.490 e. The first-order valence-corrected chi connectivity index (χ1v) is 12.5. The van der Waals surface area contributed by atoms with Crippen LogP contribution in [0.1, 0.15) is 93.1 Å². The normalized spacial score (nSPS) is 25.4. The average molecular weight is 439 g/mol. The summed E-state index contributed by atoms with van der Waals surface area (Å²) in [6.45, 7) is 3.95. The lowest BCUT2D eigenvalue weighted by Crippen LogP contribution is -2.33. The fraction of sp³-hybridized carbons (Fsp3) is 0.571. The number of rotatable bonds is 7. The van der Waals surface area contributed by atoms with Crippen molar-refractivity contribution in [2.45, 2.75) is 95.5 Å². The summed E-state index contributed by atoms with van der Waals surface area (Å²) in [7, 11) is 0. The van der Waals surface area contributed by atoms with E-state index in [-0.39, 0.29) is 18.8 Å². The van der Waals surface area contributed by atoms with E-state index in [1.54, 1.807) is 0 Å². The Kier molecular flexibility index (Phi) is 7.88. The number of hydrogen-bond acceptors (Lipinski definition) is 4. The van der Waals surface area contributed by atoms with E-state index in [2.05, 4.69) is 42.5 Å². The zero-order chi connectivity index (χ0) is 22.5. The summed E-state index contributed by atoms with van der Waals surface area (Å²) in [6, 6.07) is 15.2. The van der Waals surface area contributed by atoms with Gasteiger partial charge in [0.2, 0.25) is 0 Å². The van der Waals surface area contributed by atoms with Gasteiger partial charge in [0.1, 0.15) is 5.75 Å². The maximum Gasteiger partial charge on any atom is 0.119 e. The fourth-order valence-electron chi connectivity index (χ4n) is 4.68. The molecule has 0 aromatic heterocycles. The van der Waals surface area contributed by atoms with E-state index in [4.69, 9.17) is 9.47 Å². The van der Waals surface area contributed by atoms with E-state index in [1.165, 1.54) is 48.8 Å². The lowest BCUT2D eigenvalue weighted by molar-refractivity contribution is -0.113. The molecule has 3 aliphatic rings. The van der Waals surface area contributed by atoms with Crippen LogP contribution in [0.2, 0.25) is 0 Å². The molecule has 174 valence electrons. The van der Waals surface area contributed by atoms with E-state index in [0.717, 1.165) is 17.7 Å². The lowest BCUT2D eigenvalue weighted by atomic mass is 9.90. The Bertz CT molecular complexity index is 854. The monoisotopic (exact) mass is 438 g/mol. The van der Waals surface area contributed by atoms with Crippen molar-refractivity contribution in [3.63, 3.8) is 0 Å². The molecule has 3 atom stereocenters. The quantitative estimate of drug-likeness (QED) is 0.583. The first-order chi connectivity index (χ1) is 15.7. The molecule has 0 amide bonds. The molecule has 1 aliphatic heterocycles. The molecule has 0 spiro atoms. The minimum atomic E-state index is -0.421. The highest BCUT2D eigenvalue weighted by Gasteiger charge is 2.31. The van der Waals surface area contributed by atoms with Crippen LogP contribution in [0.5, 0.6) is 5.75 Å². The Labute approximate surface area is 192 Å². The van der Waals surface area contributed by atoms with Gasteiger partial charge in [-0.1, -0.05) is 44.2 Å². The predicted octanol–water partition coefficient (Wildman–Crippen LogP) is 5.69. The van der Waals surface area contributed by atoms with Crippen LogP contribution < -0.4 is 4.74 Å². The van der Waals surface area contributed by atoms with Gasteiger partial charge in [0.25, 0.3) is 0 Å². The van der Waals surface area contributed by atoms with E-state index in [1.807, 2.05) is 13.8 Å². The van der Waals surface area contributed by atoms with Crippen LogP contribution >= 0.6 is 0 Å². The van der Waals surface area contributed by atoms with Crippen molar-refractivity contribution in [1.82, 2.24) is 0 Å². The number of hydrogen-bond donors (Lipinski definition) is 2. The maximum absolute atomic E-state index is 10.2. The molecular weight excluding hydrogens is 400 g/mol. The summed E-state index contributed by atoms with van der Waals surface area (Å²) in [5.41, 5.74) is 5.19. The number of aliphatic hydroxyl groups is 2. The van der Waals surface area contributed by atoms with Gasteiger partial charge in [-0.3, -0.25) is 0 Å². The summed E-state index contributed by atoms with van der Waals surface area (Å²) in [5, 5.41) is 19.7. The second-order valence-electron chi connectivity index (χ2n) is 9.28. The van der Waals surface area contributed by atoms with E-state index in [9.17, 15) is 10.2 Å². The van der Waals surface area contributed by atoms with Gasteiger partial charge in [-0.05, 0) is 78.8 Å². The molecule has 3 fully saturated rings. The Morgan fingerprint density at radius 2 is 1.72 bits per heavy atom. The molecule has 5 rings (SSSR count). The Morgan fingerprint density at radius 3 is 2.34 bits per heavy atom. The first kappa shape index (κ1) is 23.3. The highest BCUT2D eigenvalue weighted by molar-refractivity contribution is 5.41. The highest BCUT2D eigenvalue weighted by Crippen LogP contribution is 2.43. The highest BCUT2D eigenvalue weighted by atomic mass is 16.5. The van der Waals surface area contributed by atoms with Crippen LogP contribution in [0.3, 0.4) is 0 Å². The zero-order valence-corrected chi connectivity index (χ0v) is 19.5. The zero-order valence-electron chi connectivity index (χ0n) is 19.5. The third-order valence-electron chi connectivity index (χ3n) is 6.81. The predicted molar refractivity (Wildman–Crippen MR) is 127 cm³/mol. The summed E-state index contributed by atoms with van der Waals surface area (Å²) < 4.78 is 12.1. The Morgan fingerprint density at radius 1 is 0.969 bits per heavy atom. The third kappa shape index (κ3) is 5.72. The molecule has 4 heteroatoms. The second kappa shape index (κ2) is 10.8. The van der Waals surface area contributed by atoms with E-state index >= 15 is 0 Å². The summed E-state index contributed by atoms with van der Waals surface area (Å²) >= 11 is 0. The molecule has 0 bridgehead atoms. The molecule has 32 heavy (non-hydrogen) atoms. The molecule has 0 radical (unpaired) electrons. The van der Waals surface area contributed by atoms with E-state index < -0.39 is 6.10 Å². The van der Waals surface area contributed by atoms with Crippen LogP contribution in [-0.2, 0) is 11.2 Å². The van der Waals surface area contributed by atoms with Crippen molar-refractivity contribution in [3.8, 4) is 5.75 Å². The molecule has 2 N–H and O–H groups in total. The summed E-state index contributed by atoms with van der Waals surface area (Å²) in [6.07, 6.45) is 7.70. The third-order valence-corrected chi connectivity index (χ3v) is 6.81. The molecule has 2 aliphatic carbocycles. The molecule has 2 aromatic carbocycles. The standard InChI is InChI=1S/C26H32O4.C2H6/c27-16-24-14-21(28)15-26(30-24)19-8-11-25(18-6-7-18)20(13-19)12-17-4-9-23(10-5-17)29-22-2-1-3-22;1-2/h4-5,8-11,13,18,21-22,24,26-28H,1-3,6-7,12,14-16H2;1-2H3/t21-,24-,26+;/m0./s1. The van der Waals surface area contributed by atoms with Gasteiger partial charge < -0.3 is 19.7 Å². The molecule has 1 saturated heterocycles. The average Bonchev–Trinajstić information content (AvgIpc) is 3.63. The second-order valence-corrected chi connectivity index (χ2v) is 9.28. The smallest absolute Gasteiger partial charge is 0.119 e. The van der Waals surface area contributed by atoms with Crippen LogP contribution in [0.15, 0.2) is 42.5 Å². The largest absolute Gasteiger partial charge is 0.490 e. The van der Waals surface area contributed by atoms with Gasteiger partial charge in [0.15, 0.2) is 0 Å². The fourth-order valence-corrected chi connectivity index (χ4v) is 4.68. The van der Waals surface area contributed by atoms with E-state index in [0.29, 0.717) is 24.9 Å². The topological polar surface area (TPSA) is 58.9 Å². The number of benzene rings is 2. The van der Waals surface area contributed by atoms with Crippen LogP contribution in [0.4, 0.5) is 0 Å². The first-order valence-electron chi connectivity index (χ1n) is 12.5. The van der Waals surface area contributed by atoms with Gasteiger partial charge in [0.05, 0.1) is 31.0 Å². The van der Waals surface area contributed by atoms with Gasteiger partial charge in [-0.25, -0.2) is 0 Å². The van der Waals surface area contributed by atoms with Crippen LogP contribution in [0.25, 0.3) is 0 Å². The summed E-state index contributed by atoms with van der Waals surface area (Å²) in [5.74, 6) is 1.65. The summed E-state index contributed by atoms with van der Waals surface area (Å²) in [4.78, 5) is 0. The molecule has 4 nitrogen and oxygen atoms in total.